The zero-order chi connectivity index (χ0) is 57.2. The van der Waals surface area contributed by atoms with Crippen LogP contribution < -0.4 is 4.74 Å². The number of methoxy groups -OCH3 is 1. The molecule has 0 saturated carbocycles. The van der Waals surface area contributed by atoms with Gasteiger partial charge in [-0.25, -0.2) is 0 Å². The SMILES string of the molecule is CC(C)(C)c1ccc([S+](c2ccc(C(C)(C)C)cc2)C(F)(F)F)cc1.COc1c(C)cc([S+](c2ccccc2)C(F)(F)F)cc1C.C[S+](C)C.C[S+](C)c1ccccc1.FC(F)(F)[S+](c1ccccc1)c1ccccc1. The molecule has 0 amide bonds. The van der Waals surface area contributed by atoms with Crippen LogP contribution in [0.2, 0.25) is 0 Å². The zero-order valence-electron chi connectivity index (χ0n) is 45.7. The lowest BCUT2D eigenvalue weighted by molar-refractivity contribution is -0.0379. The molecule has 0 aliphatic carbocycles. The number of alkyl halides is 9. The second-order valence-electron chi connectivity index (χ2n) is 19.7. The van der Waals surface area contributed by atoms with Crippen molar-refractivity contribution in [3.8, 4) is 5.75 Å². The van der Waals surface area contributed by atoms with Crippen molar-refractivity contribution in [2.75, 3.05) is 38.4 Å². The first-order valence-electron chi connectivity index (χ1n) is 23.8. The number of aryl methyl sites for hydroxylation is 2. The lowest BCUT2D eigenvalue weighted by atomic mass is 9.87. The molecule has 7 rings (SSSR count). The van der Waals surface area contributed by atoms with Gasteiger partial charge in [-0.05, 0) is 131 Å². The summed E-state index contributed by atoms with van der Waals surface area (Å²) < 4.78 is 126. The average molecular weight is 1150 g/mol. The lowest BCUT2D eigenvalue weighted by Gasteiger charge is -2.20. The van der Waals surface area contributed by atoms with Gasteiger partial charge in [0.2, 0.25) is 0 Å². The van der Waals surface area contributed by atoms with Gasteiger partial charge >= 0.3 is 16.5 Å². The predicted octanol–water partition coefficient (Wildman–Crippen LogP) is 18.4. The van der Waals surface area contributed by atoms with E-state index in [1.165, 1.54) is 48.4 Å². The van der Waals surface area contributed by atoms with Crippen LogP contribution in [0.15, 0.2) is 216 Å². The predicted molar refractivity (Wildman–Crippen MR) is 311 cm³/mol. The standard InChI is InChI=1S/C21H26F3S.C16H16F3OS.C13H10F3S.C8H11S.C3H9S/c1-19(2,3)15-7-11-17(12-8-15)25(21(22,23)24)18-13-9-16(10-14-18)20(4,5)6;1-11-9-14(10-12(2)15(11)20-3)21(16(17,18)19)13-7-5-4-6-8-13;14-13(15,16)17(11-7-3-1-4-8-11)12-9-5-2-6-10-12;1-9(2)8-6-4-3-5-7-8;1-4(2)3/h7-14H,1-6H3;4-10H,1-3H3;1-10H;3-7H,1-2H3;1-3H3/q5*+1. The minimum absolute atomic E-state index is 0.0796. The Morgan fingerprint density at radius 1 is 0.329 bits per heavy atom. The van der Waals surface area contributed by atoms with Crippen LogP contribution in [0.25, 0.3) is 0 Å². The Hall–Kier alpha value is -4.54. The number of halogens is 9. The van der Waals surface area contributed by atoms with Gasteiger partial charge in [0.05, 0.1) is 25.9 Å². The fourth-order valence-corrected chi connectivity index (χ4v) is 12.9. The highest BCUT2D eigenvalue weighted by Crippen LogP contribution is 2.42. The van der Waals surface area contributed by atoms with Gasteiger partial charge in [0.25, 0.3) is 0 Å². The number of benzene rings is 7. The monoisotopic (exact) mass is 1150 g/mol. The Labute approximate surface area is 461 Å². The Kier molecular flexibility index (Phi) is 25.5. The minimum Gasteiger partial charge on any atom is -0.496 e. The quantitative estimate of drug-likeness (QED) is 0.109. The van der Waals surface area contributed by atoms with E-state index in [0.717, 1.165) is 11.1 Å². The number of hydrogen-bond acceptors (Lipinski definition) is 1. The fourth-order valence-electron chi connectivity index (χ4n) is 7.10. The van der Waals surface area contributed by atoms with E-state index in [0.29, 0.717) is 58.2 Å². The van der Waals surface area contributed by atoms with E-state index in [-0.39, 0.29) is 20.6 Å². The van der Waals surface area contributed by atoms with E-state index in [1.807, 2.05) is 24.3 Å². The Morgan fingerprint density at radius 3 is 0.750 bits per heavy atom. The van der Waals surface area contributed by atoms with Crippen molar-refractivity contribution in [1.29, 1.82) is 0 Å². The molecule has 0 aliphatic heterocycles. The summed E-state index contributed by atoms with van der Waals surface area (Å²) in [5.41, 5.74) is -9.53. The molecule has 1 atom stereocenters. The molecule has 7 aromatic rings. The topological polar surface area (TPSA) is 9.23 Å². The van der Waals surface area contributed by atoms with Gasteiger partial charge in [-0.1, -0.05) is 139 Å². The highest BCUT2D eigenvalue weighted by atomic mass is 32.2. The molecule has 0 spiro atoms. The fraction of sp³-hybridized carbons (Fsp3) is 0.311. The Balaban J connectivity index is 0.000000271. The van der Waals surface area contributed by atoms with Crippen LogP contribution in [-0.4, -0.2) is 54.9 Å². The van der Waals surface area contributed by atoms with E-state index >= 15 is 0 Å². The molecule has 0 N–H and O–H groups in total. The van der Waals surface area contributed by atoms with Gasteiger partial charge in [-0.2, -0.15) is 0 Å². The maximum Gasteiger partial charge on any atom is 0.586 e. The highest BCUT2D eigenvalue weighted by Gasteiger charge is 2.56. The molecular weight excluding hydrogens is 1080 g/mol. The highest BCUT2D eigenvalue weighted by molar-refractivity contribution is 7.98. The summed E-state index contributed by atoms with van der Waals surface area (Å²) >= 11 is 0. The van der Waals surface area contributed by atoms with Gasteiger partial charge in [0.15, 0.2) is 67.0 Å². The van der Waals surface area contributed by atoms with Gasteiger partial charge in [-0.15, -0.1) is 39.5 Å². The van der Waals surface area contributed by atoms with Crippen molar-refractivity contribution in [3.63, 3.8) is 0 Å². The summed E-state index contributed by atoms with van der Waals surface area (Å²) in [4.78, 5) is 3.20. The Bertz CT molecular complexity index is 2610. The van der Waals surface area contributed by atoms with E-state index in [9.17, 15) is 39.5 Å². The van der Waals surface area contributed by atoms with Crippen LogP contribution in [0.4, 0.5) is 39.5 Å². The van der Waals surface area contributed by atoms with E-state index < -0.39 is 49.2 Å². The summed E-state index contributed by atoms with van der Waals surface area (Å²) in [6, 6.07) is 51.4. The summed E-state index contributed by atoms with van der Waals surface area (Å²) in [5.74, 6) is 0.637. The minimum atomic E-state index is -4.31. The summed E-state index contributed by atoms with van der Waals surface area (Å²) in [6.07, 6.45) is 11.0. The lowest BCUT2D eigenvalue weighted by Crippen LogP contribution is -2.24. The van der Waals surface area contributed by atoms with E-state index in [4.69, 9.17) is 4.74 Å². The molecule has 0 heterocycles. The van der Waals surface area contributed by atoms with Gasteiger partial charge in [0.1, 0.15) is 18.3 Å². The van der Waals surface area contributed by atoms with Crippen molar-refractivity contribution in [2.45, 2.75) is 117 Å². The molecule has 0 fully saturated rings. The average Bonchev–Trinajstić information content (AvgIpc) is 3.32. The first kappa shape index (κ1) is 65.7. The molecule has 0 radical (unpaired) electrons. The van der Waals surface area contributed by atoms with Crippen LogP contribution in [0.5, 0.6) is 5.75 Å². The molecule has 1 unspecified atom stereocenters. The van der Waals surface area contributed by atoms with Crippen LogP contribution in [-0.2, 0) is 65.3 Å². The van der Waals surface area contributed by atoms with Crippen molar-refractivity contribution in [2.24, 2.45) is 0 Å². The molecule has 76 heavy (non-hydrogen) atoms. The van der Waals surface area contributed by atoms with E-state index in [2.05, 4.69) is 103 Å². The third-order valence-electron chi connectivity index (χ3n) is 10.6. The van der Waals surface area contributed by atoms with Crippen molar-refractivity contribution in [1.82, 2.24) is 0 Å². The normalized spacial score (nSPS) is 12.3. The molecule has 1 nitrogen and oxygen atoms in total. The first-order chi connectivity index (χ1) is 35.3. The molecule has 0 saturated heterocycles. The number of hydrogen-bond donors (Lipinski definition) is 0. The Morgan fingerprint density at radius 2 is 0.553 bits per heavy atom. The second kappa shape index (κ2) is 29.4. The molecular formula is C61H72F9OS5+5. The number of ether oxygens (including phenoxy) is 1. The third-order valence-corrected chi connectivity index (χ3v) is 17.7. The van der Waals surface area contributed by atoms with Crippen LogP contribution in [0.3, 0.4) is 0 Å². The van der Waals surface area contributed by atoms with Gasteiger partial charge in [0, 0.05) is 23.0 Å². The van der Waals surface area contributed by atoms with Crippen LogP contribution in [0.1, 0.15) is 63.8 Å². The van der Waals surface area contributed by atoms with Crippen molar-refractivity contribution >= 4 is 54.5 Å². The first-order valence-corrected chi connectivity index (χ1v) is 32.0. The summed E-state index contributed by atoms with van der Waals surface area (Å²) in [5, 5.41) is 0. The molecule has 15 heteroatoms. The van der Waals surface area contributed by atoms with Gasteiger partial charge < -0.3 is 4.74 Å². The smallest absolute Gasteiger partial charge is 0.496 e. The van der Waals surface area contributed by atoms with E-state index in [1.54, 1.807) is 105 Å². The zero-order valence-corrected chi connectivity index (χ0v) is 49.8. The largest absolute Gasteiger partial charge is 0.586 e. The van der Waals surface area contributed by atoms with Crippen molar-refractivity contribution < 1.29 is 44.3 Å². The van der Waals surface area contributed by atoms with Crippen LogP contribution in [0, 0.1) is 13.8 Å². The molecule has 0 bridgehead atoms. The van der Waals surface area contributed by atoms with Gasteiger partial charge in [-0.3, -0.25) is 0 Å². The summed E-state index contributed by atoms with van der Waals surface area (Å²) in [7, 11) is -3.18. The molecule has 410 valence electrons. The number of rotatable bonds is 8. The second-order valence-corrected chi connectivity index (χ2v) is 30.3. The molecule has 0 aliphatic rings. The van der Waals surface area contributed by atoms with Crippen LogP contribution >= 0.6 is 0 Å². The maximum absolute atomic E-state index is 13.8. The molecule has 7 aromatic carbocycles. The third kappa shape index (κ3) is 21.4. The maximum atomic E-state index is 13.8. The summed E-state index contributed by atoms with van der Waals surface area (Å²) in [6.45, 7) is 15.8. The molecule has 0 aromatic heterocycles. The van der Waals surface area contributed by atoms with Crippen molar-refractivity contribution in [3.05, 3.63) is 204 Å².